The first kappa shape index (κ1) is 19.5. The summed E-state index contributed by atoms with van der Waals surface area (Å²) in [7, 11) is 3.02. The van der Waals surface area contributed by atoms with Crippen molar-refractivity contribution in [3.05, 3.63) is 29.3 Å². The minimum Gasteiger partial charge on any atom is -0.497 e. The van der Waals surface area contributed by atoms with Gasteiger partial charge in [0.2, 0.25) is 0 Å². The fraction of sp³-hybridized carbons (Fsp3) is 0.421. The standard InChI is InChI=1S/C19H24N2O5/c1-4-5-6-7-10-21-18(23)15(17(22)20-19(21)24)11-13-8-9-14(25-2)12-16(13)26-3/h8-9,11-12H,4-7,10H2,1-3H3,(H,20,22,24)/b15-11+. The Labute approximate surface area is 153 Å². The normalized spacial score (nSPS) is 16.0. The summed E-state index contributed by atoms with van der Waals surface area (Å²) >= 11 is 0. The van der Waals surface area contributed by atoms with Crippen LogP contribution in [0.15, 0.2) is 23.8 Å². The number of methoxy groups -OCH3 is 2. The summed E-state index contributed by atoms with van der Waals surface area (Å²) in [6.07, 6.45) is 5.16. The Morgan fingerprint density at radius 2 is 1.85 bits per heavy atom. The number of nitrogens with one attached hydrogen (secondary N) is 1. The van der Waals surface area contributed by atoms with Crippen LogP contribution >= 0.6 is 0 Å². The number of amides is 4. The van der Waals surface area contributed by atoms with Crippen molar-refractivity contribution in [3.63, 3.8) is 0 Å². The third-order valence-corrected chi connectivity index (χ3v) is 4.16. The molecule has 1 fully saturated rings. The molecule has 0 spiro atoms. The molecule has 0 bridgehead atoms. The molecule has 1 aromatic carbocycles. The Morgan fingerprint density at radius 3 is 2.50 bits per heavy atom. The van der Waals surface area contributed by atoms with E-state index in [0.29, 0.717) is 23.5 Å². The van der Waals surface area contributed by atoms with Crippen molar-refractivity contribution in [3.8, 4) is 11.5 Å². The number of rotatable bonds is 8. The van der Waals surface area contributed by atoms with Crippen molar-refractivity contribution in [1.29, 1.82) is 0 Å². The van der Waals surface area contributed by atoms with Gasteiger partial charge in [0.15, 0.2) is 0 Å². The van der Waals surface area contributed by atoms with Gasteiger partial charge < -0.3 is 9.47 Å². The predicted molar refractivity (Wildman–Crippen MR) is 96.9 cm³/mol. The number of benzene rings is 1. The number of carbonyl (C=O) groups excluding carboxylic acids is 3. The molecule has 4 amide bonds. The molecule has 0 aromatic heterocycles. The molecule has 1 heterocycles. The lowest BCUT2D eigenvalue weighted by molar-refractivity contribution is -0.130. The smallest absolute Gasteiger partial charge is 0.331 e. The quantitative estimate of drug-likeness (QED) is 0.438. The maximum absolute atomic E-state index is 12.6. The molecule has 0 atom stereocenters. The first-order valence-corrected chi connectivity index (χ1v) is 8.62. The second-order valence-corrected chi connectivity index (χ2v) is 5.94. The molecule has 1 N–H and O–H groups in total. The molecule has 26 heavy (non-hydrogen) atoms. The van der Waals surface area contributed by atoms with Crippen LogP contribution in [-0.4, -0.2) is 43.5 Å². The highest BCUT2D eigenvalue weighted by Gasteiger charge is 2.35. The number of hydrogen-bond acceptors (Lipinski definition) is 5. The summed E-state index contributed by atoms with van der Waals surface area (Å²) in [6.45, 7) is 2.37. The Bertz CT molecular complexity index is 727. The number of imide groups is 2. The number of hydrogen-bond donors (Lipinski definition) is 1. The van der Waals surface area contributed by atoms with E-state index in [1.807, 2.05) is 0 Å². The number of carbonyl (C=O) groups is 3. The average molecular weight is 360 g/mol. The van der Waals surface area contributed by atoms with E-state index in [1.165, 1.54) is 20.3 Å². The Morgan fingerprint density at radius 1 is 1.08 bits per heavy atom. The van der Waals surface area contributed by atoms with Gasteiger partial charge in [-0.25, -0.2) is 4.79 Å². The van der Waals surface area contributed by atoms with E-state index in [4.69, 9.17) is 9.47 Å². The van der Waals surface area contributed by atoms with Crippen molar-refractivity contribution in [2.45, 2.75) is 32.6 Å². The van der Waals surface area contributed by atoms with Crippen LogP contribution in [-0.2, 0) is 9.59 Å². The van der Waals surface area contributed by atoms with Gasteiger partial charge in [0.05, 0.1) is 14.2 Å². The van der Waals surface area contributed by atoms with Gasteiger partial charge in [0, 0.05) is 18.2 Å². The van der Waals surface area contributed by atoms with E-state index in [1.54, 1.807) is 18.2 Å². The van der Waals surface area contributed by atoms with Gasteiger partial charge in [-0.2, -0.15) is 0 Å². The Hall–Kier alpha value is -2.83. The van der Waals surface area contributed by atoms with E-state index >= 15 is 0 Å². The van der Waals surface area contributed by atoms with Gasteiger partial charge in [-0.05, 0) is 24.6 Å². The molecule has 7 nitrogen and oxygen atoms in total. The van der Waals surface area contributed by atoms with Crippen molar-refractivity contribution in [1.82, 2.24) is 10.2 Å². The minimum absolute atomic E-state index is 0.0939. The van der Waals surface area contributed by atoms with Crippen LogP contribution in [0.4, 0.5) is 4.79 Å². The predicted octanol–water partition coefficient (Wildman–Crippen LogP) is 2.75. The van der Waals surface area contributed by atoms with Gasteiger partial charge in [-0.1, -0.05) is 26.2 Å². The second kappa shape index (κ2) is 9.03. The number of urea groups is 1. The molecule has 0 saturated carbocycles. The number of unbranched alkanes of at least 4 members (excludes halogenated alkanes) is 3. The lowest BCUT2D eigenvalue weighted by Crippen LogP contribution is -2.54. The molecule has 1 saturated heterocycles. The van der Waals surface area contributed by atoms with Crippen molar-refractivity contribution >= 4 is 23.9 Å². The molecule has 0 aliphatic carbocycles. The zero-order valence-electron chi connectivity index (χ0n) is 15.3. The molecular weight excluding hydrogens is 336 g/mol. The second-order valence-electron chi connectivity index (χ2n) is 5.94. The number of ether oxygens (including phenoxy) is 2. The molecule has 140 valence electrons. The van der Waals surface area contributed by atoms with Crippen molar-refractivity contribution < 1.29 is 23.9 Å². The minimum atomic E-state index is -0.706. The first-order chi connectivity index (χ1) is 12.5. The molecule has 1 aliphatic heterocycles. The highest BCUT2D eigenvalue weighted by atomic mass is 16.5. The maximum Gasteiger partial charge on any atom is 0.331 e. The third-order valence-electron chi connectivity index (χ3n) is 4.16. The zero-order chi connectivity index (χ0) is 19.1. The van der Waals surface area contributed by atoms with Crippen molar-refractivity contribution in [2.75, 3.05) is 20.8 Å². The maximum atomic E-state index is 12.6. The van der Waals surface area contributed by atoms with E-state index in [0.717, 1.165) is 24.2 Å². The van der Waals surface area contributed by atoms with Gasteiger partial charge >= 0.3 is 6.03 Å². The van der Waals surface area contributed by atoms with Crippen LogP contribution in [0.2, 0.25) is 0 Å². The van der Waals surface area contributed by atoms with Gasteiger partial charge in [0.25, 0.3) is 11.8 Å². The van der Waals surface area contributed by atoms with Crippen LogP contribution < -0.4 is 14.8 Å². The van der Waals surface area contributed by atoms with Gasteiger partial charge in [0.1, 0.15) is 17.1 Å². The largest absolute Gasteiger partial charge is 0.497 e. The number of barbiturate groups is 1. The summed E-state index contributed by atoms with van der Waals surface area (Å²) in [6, 6.07) is 4.38. The first-order valence-electron chi connectivity index (χ1n) is 8.62. The van der Waals surface area contributed by atoms with E-state index in [2.05, 4.69) is 12.2 Å². The SMILES string of the molecule is CCCCCCN1C(=O)NC(=O)/C(=C\c2ccc(OC)cc2OC)C1=O. The zero-order valence-corrected chi connectivity index (χ0v) is 15.3. The Balaban J connectivity index is 2.26. The van der Waals surface area contributed by atoms with Gasteiger partial charge in [-0.3, -0.25) is 19.8 Å². The Kier molecular flexibility index (Phi) is 6.77. The molecule has 7 heteroatoms. The highest BCUT2D eigenvalue weighted by molar-refractivity contribution is 6.31. The van der Waals surface area contributed by atoms with Crippen LogP contribution in [0.1, 0.15) is 38.2 Å². The van der Waals surface area contributed by atoms with E-state index in [9.17, 15) is 14.4 Å². The molecule has 2 rings (SSSR count). The van der Waals surface area contributed by atoms with Gasteiger partial charge in [-0.15, -0.1) is 0 Å². The van der Waals surface area contributed by atoms with Crippen LogP contribution in [0.5, 0.6) is 11.5 Å². The molecular formula is C19H24N2O5. The van der Waals surface area contributed by atoms with Crippen LogP contribution in [0.3, 0.4) is 0 Å². The fourth-order valence-electron chi connectivity index (χ4n) is 2.69. The lowest BCUT2D eigenvalue weighted by Gasteiger charge is -2.26. The molecule has 1 aliphatic rings. The third kappa shape index (κ3) is 4.41. The monoisotopic (exact) mass is 360 g/mol. The summed E-state index contributed by atoms with van der Waals surface area (Å²) in [5, 5.41) is 2.22. The number of nitrogens with zero attached hydrogens (tertiary/aromatic N) is 1. The van der Waals surface area contributed by atoms with Crippen molar-refractivity contribution in [2.24, 2.45) is 0 Å². The summed E-state index contributed by atoms with van der Waals surface area (Å²) in [5.41, 5.74) is 0.454. The topological polar surface area (TPSA) is 84.9 Å². The lowest BCUT2D eigenvalue weighted by atomic mass is 10.1. The summed E-state index contributed by atoms with van der Waals surface area (Å²) < 4.78 is 10.4. The van der Waals surface area contributed by atoms with E-state index < -0.39 is 17.8 Å². The van der Waals surface area contributed by atoms with Crippen LogP contribution in [0.25, 0.3) is 6.08 Å². The summed E-state index contributed by atoms with van der Waals surface area (Å²) in [4.78, 5) is 37.9. The highest BCUT2D eigenvalue weighted by Crippen LogP contribution is 2.27. The summed E-state index contributed by atoms with van der Waals surface area (Å²) in [5.74, 6) is -0.240. The molecule has 0 radical (unpaired) electrons. The molecule has 1 aromatic rings. The fourth-order valence-corrected chi connectivity index (χ4v) is 2.69. The average Bonchev–Trinajstić information content (AvgIpc) is 2.64. The van der Waals surface area contributed by atoms with Crippen LogP contribution in [0, 0.1) is 0 Å². The van der Waals surface area contributed by atoms with E-state index in [-0.39, 0.29) is 12.1 Å². The molecule has 0 unspecified atom stereocenters.